The zero-order valence-electron chi connectivity index (χ0n) is 24.5. The lowest BCUT2D eigenvalue weighted by molar-refractivity contribution is -0.353. The van der Waals surface area contributed by atoms with Crippen molar-refractivity contribution in [2.45, 2.75) is 118 Å². The van der Waals surface area contributed by atoms with Crippen molar-refractivity contribution in [1.29, 1.82) is 0 Å². The molecular weight excluding hydrogens is 488 g/mol. The first-order valence-corrected chi connectivity index (χ1v) is 14.3. The molecule has 0 unspecified atom stereocenters. The molecule has 0 radical (unpaired) electrons. The van der Waals surface area contributed by atoms with Gasteiger partial charge in [-0.15, -0.1) is 0 Å². The highest BCUT2D eigenvalue weighted by Crippen LogP contribution is 2.20. The van der Waals surface area contributed by atoms with Crippen molar-refractivity contribution < 1.29 is 38.0 Å². The topological polar surface area (TPSA) is 89.5 Å². The van der Waals surface area contributed by atoms with E-state index in [2.05, 4.69) is 27.7 Å². The minimum absolute atomic E-state index is 0.0587. The van der Waals surface area contributed by atoms with Crippen LogP contribution in [0.1, 0.15) is 104 Å². The highest BCUT2D eigenvalue weighted by molar-refractivity contribution is 5.74. The number of hydrogen-bond donors (Lipinski definition) is 0. The molecule has 0 saturated carbocycles. The predicted octanol–water partition coefficient (Wildman–Crippen LogP) is 6.47. The Kier molecular flexibility index (Phi) is 17.1. The molecule has 0 amide bonds. The molecule has 0 aliphatic rings. The molecule has 0 aromatic heterocycles. The van der Waals surface area contributed by atoms with Gasteiger partial charge in [0.15, 0.2) is 0 Å². The molecule has 218 valence electrons. The van der Waals surface area contributed by atoms with E-state index in [4.69, 9.17) is 28.4 Å². The van der Waals surface area contributed by atoms with Gasteiger partial charge >= 0.3 is 23.9 Å². The lowest BCUT2D eigenvalue weighted by atomic mass is 10.1. The Balaban J connectivity index is 2.68. The summed E-state index contributed by atoms with van der Waals surface area (Å²) in [6.07, 6.45) is 7.39. The van der Waals surface area contributed by atoms with Gasteiger partial charge in [-0.3, -0.25) is 9.59 Å². The molecule has 1 rings (SSSR count). The fraction of sp³-hybridized carbons (Fsp3) is 0.733. The lowest BCUT2D eigenvalue weighted by Crippen LogP contribution is -2.39. The molecule has 0 bridgehead atoms. The first-order valence-electron chi connectivity index (χ1n) is 14.3. The zero-order valence-corrected chi connectivity index (χ0v) is 24.5. The molecule has 0 spiro atoms. The Hall–Kier alpha value is -2.00. The molecule has 0 atom stereocenters. The van der Waals surface area contributed by atoms with Crippen LogP contribution in [0.15, 0.2) is 24.3 Å². The van der Waals surface area contributed by atoms with E-state index in [1.54, 1.807) is 38.1 Å². The lowest BCUT2D eigenvalue weighted by Gasteiger charge is -2.29. The molecule has 8 nitrogen and oxygen atoms in total. The number of unbranched alkanes of at least 4 members (excludes halogenated alkanes) is 4. The summed E-state index contributed by atoms with van der Waals surface area (Å²) in [7, 11) is 0. The van der Waals surface area contributed by atoms with E-state index in [-0.39, 0.29) is 12.8 Å². The fourth-order valence-corrected chi connectivity index (χ4v) is 3.40. The molecular formula is C30H50O8. The van der Waals surface area contributed by atoms with Gasteiger partial charge in [-0.1, -0.05) is 77.6 Å². The van der Waals surface area contributed by atoms with Crippen molar-refractivity contribution in [3.63, 3.8) is 0 Å². The molecule has 38 heavy (non-hydrogen) atoms. The maximum atomic E-state index is 12.6. The smallest absolute Gasteiger partial charge is 0.326 e. The van der Waals surface area contributed by atoms with Gasteiger partial charge in [0, 0.05) is 13.8 Å². The van der Waals surface area contributed by atoms with Gasteiger partial charge < -0.3 is 28.4 Å². The average molecular weight is 539 g/mol. The maximum absolute atomic E-state index is 12.6. The van der Waals surface area contributed by atoms with Crippen LogP contribution in [0.3, 0.4) is 0 Å². The molecule has 0 fully saturated rings. The summed E-state index contributed by atoms with van der Waals surface area (Å²) >= 11 is 0. The second kappa shape index (κ2) is 19.1. The summed E-state index contributed by atoms with van der Waals surface area (Å²) in [4.78, 5) is 25.3. The quantitative estimate of drug-likeness (QED) is 0.0942. The van der Waals surface area contributed by atoms with E-state index >= 15 is 0 Å². The first-order chi connectivity index (χ1) is 18.2. The minimum atomic E-state index is -1.41. The Morgan fingerprint density at radius 3 is 1.05 bits per heavy atom. The van der Waals surface area contributed by atoms with Crippen LogP contribution in [0.25, 0.3) is 0 Å². The van der Waals surface area contributed by atoms with Gasteiger partial charge in [-0.2, -0.15) is 0 Å². The van der Waals surface area contributed by atoms with Crippen LogP contribution in [0, 0.1) is 0 Å². The van der Waals surface area contributed by atoms with Crippen molar-refractivity contribution in [3.8, 4) is 0 Å². The van der Waals surface area contributed by atoms with Crippen molar-refractivity contribution >= 4 is 11.9 Å². The molecule has 0 aliphatic heterocycles. The molecule has 0 N–H and O–H groups in total. The van der Waals surface area contributed by atoms with Crippen molar-refractivity contribution in [2.24, 2.45) is 0 Å². The first kappa shape index (κ1) is 34.0. The van der Waals surface area contributed by atoms with E-state index in [1.807, 2.05) is 0 Å². The van der Waals surface area contributed by atoms with Gasteiger partial charge in [-0.05, 0) is 36.8 Å². The summed E-state index contributed by atoms with van der Waals surface area (Å²) in [6.45, 7) is 13.3. The van der Waals surface area contributed by atoms with Crippen LogP contribution < -0.4 is 0 Å². The van der Waals surface area contributed by atoms with Crippen LogP contribution in [-0.4, -0.2) is 50.3 Å². The predicted molar refractivity (Wildman–Crippen MR) is 146 cm³/mol. The molecule has 1 aromatic rings. The van der Waals surface area contributed by atoms with Gasteiger partial charge in [0.2, 0.25) is 0 Å². The summed E-state index contributed by atoms with van der Waals surface area (Å²) in [5.74, 6) is -3.71. The van der Waals surface area contributed by atoms with E-state index < -0.39 is 23.9 Å². The van der Waals surface area contributed by atoms with Gasteiger partial charge in [-0.25, -0.2) is 0 Å². The van der Waals surface area contributed by atoms with Gasteiger partial charge in [0.1, 0.15) is 0 Å². The number of carbonyl (C=O) groups is 2. The minimum Gasteiger partial charge on any atom is -0.408 e. The zero-order chi connectivity index (χ0) is 28.3. The van der Waals surface area contributed by atoms with Crippen LogP contribution in [0.2, 0.25) is 0 Å². The van der Waals surface area contributed by atoms with Crippen LogP contribution in [0.4, 0.5) is 0 Å². The Labute approximate surface area is 229 Å². The fourth-order valence-electron chi connectivity index (χ4n) is 3.40. The Morgan fingerprint density at radius 1 is 0.553 bits per heavy atom. The second-order valence-corrected chi connectivity index (χ2v) is 9.65. The highest BCUT2D eigenvalue weighted by atomic mass is 16.9. The third-order valence-corrected chi connectivity index (χ3v) is 5.77. The molecule has 8 heteroatoms. The van der Waals surface area contributed by atoms with Crippen molar-refractivity contribution in [3.05, 3.63) is 35.4 Å². The molecule has 0 heterocycles. The SMILES string of the molecule is CCCCOC(C)(OCCCC)OC(=O)Cc1ccc(CC(=O)OC(C)(OCCCC)OCCCC)cc1. The third-order valence-electron chi connectivity index (χ3n) is 5.77. The molecule has 1 aromatic carbocycles. The van der Waals surface area contributed by atoms with E-state index in [9.17, 15) is 9.59 Å². The summed E-state index contributed by atoms with van der Waals surface area (Å²) in [6, 6.07) is 7.19. The summed E-state index contributed by atoms with van der Waals surface area (Å²) < 4.78 is 34.2. The summed E-state index contributed by atoms with van der Waals surface area (Å²) in [5, 5.41) is 0. The number of rotatable bonds is 22. The Bertz CT molecular complexity index is 692. The van der Waals surface area contributed by atoms with Crippen LogP contribution in [0.5, 0.6) is 0 Å². The van der Waals surface area contributed by atoms with Gasteiger partial charge in [0.25, 0.3) is 0 Å². The second-order valence-electron chi connectivity index (χ2n) is 9.65. The van der Waals surface area contributed by atoms with E-state index in [0.717, 1.165) is 62.5 Å². The standard InChI is InChI=1S/C30H50O8/c1-7-11-19-33-29(5,34-20-12-8-2)37-27(31)23-25-15-17-26(18-16-25)24-28(32)38-30(6,35-21-13-9-3)36-22-14-10-4/h15-18H,7-14,19-24H2,1-6H3. The Morgan fingerprint density at radius 2 is 0.816 bits per heavy atom. The normalized spacial score (nSPS) is 11.9. The van der Waals surface area contributed by atoms with E-state index in [1.165, 1.54) is 0 Å². The highest BCUT2D eigenvalue weighted by Gasteiger charge is 2.32. The van der Waals surface area contributed by atoms with Gasteiger partial charge in [0.05, 0.1) is 39.3 Å². The number of carbonyl (C=O) groups excluding carboxylic acids is 2. The van der Waals surface area contributed by atoms with Crippen molar-refractivity contribution in [2.75, 3.05) is 26.4 Å². The largest absolute Gasteiger partial charge is 0.408 e. The van der Waals surface area contributed by atoms with Crippen molar-refractivity contribution in [1.82, 2.24) is 0 Å². The molecule has 0 aliphatic carbocycles. The summed E-state index contributed by atoms with van der Waals surface area (Å²) in [5.41, 5.74) is 1.51. The molecule has 0 saturated heterocycles. The van der Waals surface area contributed by atoms with E-state index in [0.29, 0.717) is 26.4 Å². The number of ether oxygens (including phenoxy) is 6. The maximum Gasteiger partial charge on any atom is 0.326 e. The van der Waals surface area contributed by atoms with Crippen LogP contribution >= 0.6 is 0 Å². The average Bonchev–Trinajstić information content (AvgIpc) is 2.86. The number of benzene rings is 1. The monoisotopic (exact) mass is 538 g/mol. The number of esters is 2. The third kappa shape index (κ3) is 14.8. The van der Waals surface area contributed by atoms with Crippen LogP contribution in [-0.2, 0) is 50.9 Å². The number of hydrogen-bond acceptors (Lipinski definition) is 8.